The van der Waals surface area contributed by atoms with Gasteiger partial charge < -0.3 is 9.83 Å². The van der Waals surface area contributed by atoms with E-state index in [1.54, 1.807) is 24.3 Å². The topological polar surface area (TPSA) is 86.0 Å². The molecule has 5 nitrogen and oxygen atoms in total. The quantitative estimate of drug-likeness (QED) is 0.304. The summed E-state index contributed by atoms with van der Waals surface area (Å²) in [7, 11) is 0. The summed E-state index contributed by atoms with van der Waals surface area (Å²) in [6.45, 7) is 6.44. The minimum Gasteiger partial charge on any atom is -0.478 e. The highest BCUT2D eigenvalue weighted by Gasteiger charge is 2.21. The molecule has 0 saturated carbocycles. The lowest BCUT2D eigenvalue weighted by Gasteiger charge is -2.19. The van der Waals surface area contributed by atoms with Crippen LogP contribution in [0.4, 0.5) is 10.1 Å². The van der Waals surface area contributed by atoms with E-state index in [2.05, 4.69) is 42.6 Å². The normalized spacial score (nSPS) is 11.3. The Morgan fingerprint density at radius 3 is 2.47 bits per heavy atom. The van der Waals surface area contributed by atoms with Gasteiger partial charge in [0.15, 0.2) is 5.82 Å². The predicted molar refractivity (Wildman–Crippen MR) is 133 cm³/mol. The summed E-state index contributed by atoms with van der Waals surface area (Å²) in [5, 5.41) is 19.4. The third-order valence-electron chi connectivity index (χ3n) is 5.53. The second-order valence-corrected chi connectivity index (χ2v) is 9.69. The maximum atomic E-state index is 15.5. The molecule has 0 radical (unpaired) electrons. The Kier molecular flexibility index (Phi) is 6.27. The molecule has 3 aromatic carbocycles. The zero-order chi connectivity index (χ0) is 24.5. The van der Waals surface area contributed by atoms with Crippen LogP contribution in [0.2, 0.25) is 0 Å². The van der Waals surface area contributed by atoms with Gasteiger partial charge >= 0.3 is 5.97 Å². The van der Waals surface area contributed by atoms with Crippen LogP contribution in [-0.2, 0) is 5.41 Å². The van der Waals surface area contributed by atoms with Gasteiger partial charge in [-0.3, -0.25) is 4.98 Å². The molecule has 0 saturated heterocycles. The van der Waals surface area contributed by atoms with Crippen LogP contribution in [0.3, 0.4) is 0 Å². The molecule has 0 fully saturated rings. The highest BCUT2D eigenvalue weighted by Crippen LogP contribution is 2.39. The standard InChI is InChI=1S/C27H22FN3O2S/c1-27(2,3)17-7-9-18(10-8-17)34-31-22-13-6-16(15-29)24(28)23(22)19-11-12-21(26(32)33)25-20(19)5-4-14-30-25/h4-14,31H,1-3H3,(H,32,33). The number of fused-ring (bicyclic) bond motifs is 1. The maximum Gasteiger partial charge on any atom is 0.337 e. The van der Waals surface area contributed by atoms with E-state index in [9.17, 15) is 15.2 Å². The van der Waals surface area contributed by atoms with E-state index in [4.69, 9.17) is 0 Å². The number of nitrogens with zero attached hydrogens (tertiary/aromatic N) is 2. The van der Waals surface area contributed by atoms with Gasteiger partial charge in [0.05, 0.1) is 22.3 Å². The summed E-state index contributed by atoms with van der Waals surface area (Å²) in [5.74, 6) is -1.79. The molecule has 0 aliphatic heterocycles. The summed E-state index contributed by atoms with van der Waals surface area (Å²) in [6, 6.07) is 19.4. The molecule has 7 heteroatoms. The van der Waals surface area contributed by atoms with Gasteiger partial charge in [0.25, 0.3) is 0 Å². The van der Waals surface area contributed by atoms with Crippen molar-refractivity contribution in [1.82, 2.24) is 4.98 Å². The average molecular weight is 472 g/mol. The minimum absolute atomic E-state index is 0.0269. The Morgan fingerprint density at radius 1 is 1.09 bits per heavy atom. The first-order chi connectivity index (χ1) is 16.2. The first-order valence-electron chi connectivity index (χ1n) is 10.6. The van der Waals surface area contributed by atoms with Crippen molar-refractivity contribution in [1.29, 1.82) is 5.26 Å². The third kappa shape index (κ3) is 4.45. The number of nitrogens with one attached hydrogen (secondary N) is 1. The number of benzene rings is 3. The molecule has 0 aliphatic rings. The number of nitriles is 1. The van der Waals surface area contributed by atoms with Gasteiger partial charge in [-0.15, -0.1) is 0 Å². The largest absolute Gasteiger partial charge is 0.478 e. The Labute approximate surface area is 201 Å². The van der Waals surface area contributed by atoms with Gasteiger partial charge in [-0.25, -0.2) is 9.18 Å². The Morgan fingerprint density at radius 2 is 1.82 bits per heavy atom. The van der Waals surface area contributed by atoms with Crippen LogP contribution in [0.1, 0.15) is 42.3 Å². The van der Waals surface area contributed by atoms with Crippen LogP contribution in [0.25, 0.3) is 22.0 Å². The number of pyridine rings is 1. The zero-order valence-electron chi connectivity index (χ0n) is 18.9. The maximum absolute atomic E-state index is 15.5. The number of hydrogen-bond donors (Lipinski definition) is 2. The second kappa shape index (κ2) is 9.16. The van der Waals surface area contributed by atoms with E-state index in [-0.39, 0.29) is 27.6 Å². The average Bonchev–Trinajstić information content (AvgIpc) is 2.82. The van der Waals surface area contributed by atoms with Crippen molar-refractivity contribution >= 4 is 34.5 Å². The van der Waals surface area contributed by atoms with Crippen LogP contribution in [0, 0.1) is 17.1 Å². The van der Waals surface area contributed by atoms with Gasteiger partial charge in [0.2, 0.25) is 0 Å². The Balaban J connectivity index is 1.79. The number of anilines is 1. The number of carboxylic acids is 1. The molecule has 0 bridgehead atoms. The van der Waals surface area contributed by atoms with Crippen LogP contribution in [0.15, 0.2) is 71.8 Å². The van der Waals surface area contributed by atoms with E-state index in [0.717, 1.165) is 4.90 Å². The molecular formula is C27H22FN3O2S. The smallest absolute Gasteiger partial charge is 0.337 e. The predicted octanol–water partition coefficient (Wildman–Crippen LogP) is 7.03. The SMILES string of the molecule is CC(C)(C)c1ccc(SNc2ccc(C#N)c(F)c2-c2ccc(C(=O)O)c3ncccc23)cc1. The summed E-state index contributed by atoms with van der Waals surface area (Å²) in [5.41, 5.74) is 2.54. The Hall–Kier alpha value is -3.89. The summed E-state index contributed by atoms with van der Waals surface area (Å²) < 4.78 is 18.7. The molecule has 4 aromatic rings. The number of aromatic nitrogens is 1. The number of hydrogen-bond acceptors (Lipinski definition) is 5. The van der Waals surface area contributed by atoms with Crippen molar-refractivity contribution in [3.63, 3.8) is 0 Å². The van der Waals surface area contributed by atoms with Crippen molar-refractivity contribution in [3.8, 4) is 17.2 Å². The van der Waals surface area contributed by atoms with Gasteiger partial charge in [0, 0.05) is 22.0 Å². The molecule has 0 amide bonds. The Bertz CT molecular complexity index is 1440. The fraction of sp³-hybridized carbons (Fsp3) is 0.148. The van der Waals surface area contributed by atoms with Crippen molar-refractivity contribution in [2.45, 2.75) is 31.1 Å². The molecule has 4 rings (SSSR count). The van der Waals surface area contributed by atoms with Crippen molar-refractivity contribution in [3.05, 3.63) is 89.4 Å². The number of carboxylic acid groups (broad SMARTS) is 1. The minimum atomic E-state index is -1.12. The van der Waals surface area contributed by atoms with Crippen molar-refractivity contribution in [2.24, 2.45) is 0 Å². The number of carbonyl (C=O) groups is 1. The van der Waals surface area contributed by atoms with Gasteiger partial charge in [-0.05, 0) is 64.9 Å². The third-order valence-corrected chi connectivity index (χ3v) is 6.36. The highest BCUT2D eigenvalue weighted by atomic mass is 32.2. The number of aromatic carboxylic acids is 1. The lowest BCUT2D eigenvalue weighted by Crippen LogP contribution is -2.10. The molecule has 170 valence electrons. The van der Waals surface area contributed by atoms with Crippen molar-refractivity contribution < 1.29 is 14.3 Å². The molecule has 0 unspecified atom stereocenters. The second-order valence-electron chi connectivity index (χ2n) is 8.81. The summed E-state index contributed by atoms with van der Waals surface area (Å²) >= 11 is 1.33. The first kappa shape index (κ1) is 23.3. The summed E-state index contributed by atoms with van der Waals surface area (Å²) in [4.78, 5) is 16.8. The monoisotopic (exact) mass is 471 g/mol. The van der Waals surface area contributed by atoms with Crippen LogP contribution < -0.4 is 4.72 Å². The molecule has 34 heavy (non-hydrogen) atoms. The fourth-order valence-corrected chi connectivity index (χ4v) is 4.38. The van der Waals surface area contributed by atoms with Gasteiger partial charge in [-0.2, -0.15) is 5.26 Å². The van der Waals surface area contributed by atoms with Crippen LogP contribution in [-0.4, -0.2) is 16.1 Å². The van der Waals surface area contributed by atoms with E-state index in [1.165, 1.54) is 35.8 Å². The number of rotatable bonds is 5. The van der Waals surface area contributed by atoms with E-state index in [0.29, 0.717) is 16.6 Å². The van der Waals surface area contributed by atoms with Gasteiger partial charge in [-0.1, -0.05) is 45.0 Å². The zero-order valence-corrected chi connectivity index (χ0v) is 19.7. The molecule has 1 heterocycles. The van der Waals surface area contributed by atoms with Crippen LogP contribution in [0.5, 0.6) is 0 Å². The lowest BCUT2D eigenvalue weighted by molar-refractivity contribution is 0.0699. The number of halogens is 1. The van der Waals surface area contributed by atoms with Gasteiger partial charge in [0.1, 0.15) is 6.07 Å². The van der Waals surface area contributed by atoms with Crippen molar-refractivity contribution in [2.75, 3.05) is 4.72 Å². The molecule has 1 aromatic heterocycles. The summed E-state index contributed by atoms with van der Waals surface area (Å²) in [6.07, 6.45) is 1.50. The van der Waals surface area contributed by atoms with E-state index < -0.39 is 11.8 Å². The lowest BCUT2D eigenvalue weighted by atomic mass is 9.87. The van der Waals surface area contributed by atoms with E-state index >= 15 is 4.39 Å². The molecular weight excluding hydrogens is 449 g/mol. The first-order valence-corrected chi connectivity index (χ1v) is 11.4. The highest BCUT2D eigenvalue weighted by molar-refractivity contribution is 8.00. The fourth-order valence-electron chi connectivity index (χ4n) is 3.71. The molecule has 0 aliphatic carbocycles. The van der Waals surface area contributed by atoms with E-state index in [1.807, 2.05) is 18.2 Å². The molecule has 0 atom stereocenters. The molecule has 2 N–H and O–H groups in total. The van der Waals surface area contributed by atoms with Crippen LogP contribution >= 0.6 is 11.9 Å². The molecule has 0 spiro atoms.